The summed E-state index contributed by atoms with van der Waals surface area (Å²) in [6.45, 7) is 8.01. The van der Waals surface area contributed by atoms with Crippen LogP contribution in [-0.4, -0.2) is 28.3 Å². The normalized spacial score (nSPS) is 13.6. The third kappa shape index (κ3) is 4.87. The standard InChI is InChI=1S/C9H22N3O2P/c1-8(2)12(9(3)4)15(11,13)14-7-5-6-10/h8-9,13,15H,5,7,11H2,1-4H3. The molecule has 0 saturated heterocycles. The van der Waals surface area contributed by atoms with E-state index in [0.717, 1.165) is 0 Å². The summed E-state index contributed by atoms with van der Waals surface area (Å²) in [5, 5.41) is 8.37. The Labute approximate surface area is 92.4 Å². The predicted molar refractivity (Wildman–Crippen MR) is 63.0 cm³/mol. The Bertz CT molecular complexity index is 218. The van der Waals surface area contributed by atoms with Gasteiger partial charge in [-0.3, -0.25) is 0 Å². The Balaban J connectivity index is 4.44. The summed E-state index contributed by atoms with van der Waals surface area (Å²) < 4.78 is 7.01. The summed E-state index contributed by atoms with van der Waals surface area (Å²) in [5.74, 6) is 0. The molecule has 0 spiro atoms. The fraction of sp³-hybridized carbons (Fsp3) is 0.889. The van der Waals surface area contributed by atoms with E-state index in [0.29, 0.717) is 0 Å². The molecule has 0 aromatic heterocycles. The number of nitriles is 1. The van der Waals surface area contributed by atoms with Crippen molar-refractivity contribution in [1.82, 2.24) is 4.67 Å². The number of hydrogen-bond donors (Lipinski definition) is 2. The minimum atomic E-state index is -3.31. The van der Waals surface area contributed by atoms with Gasteiger partial charge in [0, 0.05) is 0 Å². The zero-order valence-electron chi connectivity index (χ0n) is 9.90. The Morgan fingerprint density at radius 3 is 2.20 bits per heavy atom. The molecule has 0 aliphatic carbocycles. The molecule has 0 fully saturated rings. The maximum atomic E-state index is 10.1. The van der Waals surface area contributed by atoms with E-state index in [1.54, 1.807) is 4.67 Å². The van der Waals surface area contributed by atoms with Gasteiger partial charge in [0.1, 0.15) is 0 Å². The molecule has 0 amide bonds. The van der Waals surface area contributed by atoms with Crippen molar-refractivity contribution in [3.63, 3.8) is 0 Å². The van der Waals surface area contributed by atoms with Crippen LogP contribution in [-0.2, 0) is 4.52 Å². The van der Waals surface area contributed by atoms with Crippen LogP contribution in [0.15, 0.2) is 0 Å². The molecule has 0 aliphatic heterocycles. The molecule has 0 aromatic carbocycles. The van der Waals surface area contributed by atoms with Gasteiger partial charge in [-0.15, -0.1) is 0 Å². The van der Waals surface area contributed by atoms with Crippen LogP contribution in [0.25, 0.3) is 0 Å². The summed E-state index contributed by atoms with van der Waals surface area (Å²) in [6, 6.07) is 2.19. The molecule has 0 aromatic rings. The zero-order chi connectivity index (χ0) is 12.1. The number of nitrogens with zero attached hydrogens (tertiary/aromatic N) is 2. The fourth-order valence-corrected chi connectivity index (χ4v) is 3.69. The van der Waals surface area contributed by atoms with Crippen LogP contribution >= 0.6 is 8.02 Å². The van der Waals surface area contributed by atoms with E-state index in [9.17, 15) is 4.89 Å². The van der Waals surface area contributed by atoms with Crippen LogP contribution in [0.3, 0.4) is 0 Å². The Hall–Kier alpha value is -0.240. The molecule has 0 atom stereocenters. The molecule has 0 radical (unpaired) electrons. The molecule has 3 N–H and O–H groups in total. The average molecular weight is 235 g/mol. The van der Waals surface area contributed by atoms with E-state index >= 15 is 0 Å². The summed E-state index contributed by atoms with van der Waals surface area (Å²) in [6.07, 6.45) is 0.247. The van der Waals surface area contributed by atoms with E-state index in [4.69, 9.17) is 15.3 Å². The Morgan fingerprint density at radius 1 is 1.40 bits per heavy atom. The van der Waals surface area contributed by atoms with Crippen LogP contribution in [0.4, 0.5) is 0 Å². The van der Waals surface area contributed by atoms with Crippen LogP contribution in [0.1, 0.15) is 34.1 Å². The van der Waals surface area contributed by atoms with Crippen molar-refractivity contribution >= 4 is 8.02 Å². The van der Waals surface area contributed by atoms with Gasteiger partial charge < -0.3 is 0 Å². The van der Waals surface area contributed by atoms with Gasteiger partial charge in [0.2, 0.25) is 0 Å². The molecule has 0 unspecified atom stereocenters. The molecular formula is C9H22N3O2P. The first-order valence-electron chi connectivity index (χ1n) is 5.13. The topological polar surface area (TPSA) is 82.5 Å². The Morgan fingerprint density at radius 2 is 1.87 bits per heavy atom. The molecule has 0 rings (SSSR count). The number of nitrogens with two attached hydrogens (primary N) is 1. The molecule has 0 bridgehead atoms. The molecule has 5 nitrogen and oxygen atoms in total. The van der Waals surface area contributed by atoms with E-state index in [-0.39, 0.29) is 25.1 Å². The van der Waals surface area contributed by atoms with Gasteiger partial charge in [0.15, 0.2) is 0 Å². The van der Waals surface area contributed by atoms with Gasteiger partial charge >= 0.3 is 91.7 Å². The fourth-order valence-electron chi connectivity index (χ4n) is 1.66. The minimum absolute atomic E-state index is 0.119. The molecule has 6 heteroatoms. The maximum absolute atomic E-state index is 10.1. The second-order valence-electron chi connectivity index (χ2n) is 4.01. The van der Waals surface area contributed by atoms with Crippen LogP contribution in [0.2, 0.25) is 0 Å². The predicted octanol–water partition coefficient (Wildman–Crippen LogP) is 1.40. The molecule has 15 heavy (non-hydrogen) atoms. The van der Waals surface area contributed by atoms with E-state index in [2.05, 4.69) is 0 Å². The van der Waals surface area contributed by atoms with E-state index in [1.165, 1.54) is 0 Å². The summed E-state index contributed by atoms with van der Waals surface area (Å²) >= 11 is 0. The molecule has 90 valence electrons. The van der Waals surface area contributed by atoms with Crippen LogP contribution in [0.5, 0.6) is 0 Å². The van der Waals surface area contributed by atoms with Crippen LogP contribution < -0.4 is 5.50 Å². The molecule has 0 aliphatic rings. The second-order valence-corrected chi connectivity index (χ2v) is 6.13. The van der Waals surface area contributed by atoms with Gasteiger partial charge in [-0.25, -0.2) is 0 Å². The van der Waals surface area contributed by atoms with Crippen molar-refractivity contribution in [3.05, 3.63) is 0 Å². The van der Waals surface area contributed by atoms with Crippen molar-refractivity contribution in [2.24, 2.45) is 5.50 Å². The summed E-state index contributed by atoms with van der Waals surface area (Å²) in [4.78, 5) is 10.1. The van der Waals surface area contributed by atoms with Gasteiger partial charge in [0.25, 0.3) is 0 Å². The Kier molecular flexibility index (Phi) is 6.26. The second kappa shape index (κ2) is 6.37. The van der Waals surface area contributed by atoms with Crippen molar-refractivity contribution in [3.8, 4) is 6.07 Å². The average Bonchev–Trinajstić information content (AvgIpc) is 2.01. The van der Waals surface area contributed by atoms with Crippen molar-refractivity contribution in [2.45, 2.75) is 46.2 Å². The number of hydrogen-bond acceptors (Lipinski definition) is 5. The third-order valence-corrected chi connectivity index (χ3v) is 4.41. The summed E-state index contributed by atoms with van der Waals surface area (Å²) in [7, 11) is -3.31. The zero-order valence-corrected chi connectivity index (χ0v) is 10.9. The first kappa shape index (κ1) is 14.8. The van der Waals surface area contributed by atoms with Gasteiger partial charge in [-0.2, -0.15) is 0 Å². The molecule has 0 saturated carbocycles. The molecule has 0 heterocycles. The monoisotopic (exact) mass is 235 g/mol. The third-order valence-electron chi connectivity index (χ3n) is 2.01. The van der Waals surface area contributed by atoms with Crippen molar-refractivity contribution in [1.29, 1.82) is 5.26 Å². The first-order valence-corrected chi connectivity index (χ1v) is 7.01. The first-order chi connectivity index (χ1) is 6.83. The number of rotatable bonds is 6. The quantitative estimate of drug-likeness (QED) is 0.537. The van der Waals surface area contributed by atoms with E-state index < -0.39 is 8.02 Å². The SMILES string of the molecule is CC(C)N(C(C)C)[PH](N)(O)OCCC#N. The van der Waals surface area contributed by atoms with Crippen LogP contribution in [0, 0.1) is 11.3 Å². The van der Waals surface area contributed by atoms with E-state index in [1.807, 2.05) is 33.8 Å². The van der Waals surface area contributed by atoms with Gasteiger partial charge in [0.05, 0.1) is 0 Å². The van der Waals surface area contributed by atoms with Gasteiger partial charge in [-0.05, 0) is 0 Å². The molecular weight excluding hydrogens is 213 g/mol. The van der Waals surface area contributed by atoms with Crippen molar-refractivity contribution in [2.75, 3.05) is 6.61 Å². The van der Waals surface area contributed by atoms with Gasteiger partial charge in [-0.1, -0.05) is 0 Å². The van der Waals surface area contributed by atoms with Crippen molar-refractivity contribution < 1.29 is 9.42 Å². The summed E-state index contributed by atoms with van der Waals surface area (Å²) in [5.41, 5.74) is 5.79.